The van der Waals surface area contributed by atoms with Crippen molar-refractivity contribution >= 4 is 23.4 Å². The van der Waals surface area contributed by atoms with Crippen LogP contribution >= 0.6 is 11.8 Å². The summed E-state index contributed by atoms with van der Waals surface area (Å²) in [5.74, 6) is -0.223. The largest absolute Gasteiger partial charge is 0.323 e. The molecule has 0 fully saturated rings. The van der Waals surface area contributed by atoms with Gasteiger partial charge in [0.05, 0.1) is 17.6 Å². The van der Waals surface area contributed by atoms with Gasteiger partial charge < -0.3 is 5.32 Å². The van der Waals surface area contributed by atoms with Crippen molar-refractivity contribution < 1.29 is 9.18 Å². The normalized spacial score (nSPS) is 10.5. The maximum atomic E-state index is 13.6. The lowest BCUT2D eigenvalue weighted by Gasteiger charge is -2.08. The number of hydrogen-bond acceptors (Lipinski definition) is 6. The fourth-order valence-electron chi connectivity index (χ4n) is 2.17. The number of halogens is 1. The molecule has 1 N–H and O–H groups in total. The smallest absolute Gasteiger partial charge is 0.234 e. The third kappa shape index (κ3) is 4.12. The highest BCUT2D eigenvalue weighted by atomic mass is 32.2. The molecule has 3 aromatic rings. The Morgan fingerprint density at radius 1 is 1.31 bits per heavy atom. The second kappa shape index (κ2) is 8.34. The number of para-hydroxylation sites is 1. The Labute approximate surface area is 153 Å². The van der Waals surface area contributed by atoms with Gasteiger partial charge in [-0.05, 0) is 12.1 Å². The van der Waals surface area contributed by atoms with Crippen molar-refractivity contribution in [2.24, 2.45) is 0 Å². The molecule has 0 atom stereocenters. The lowest BCUT2D eigenvalue weighted by molar-refractivity contribution is -0.113. The Balaban J connectivity index is 1.72. The van der Waals surface area contributed by atoms with Crippen molar-refractivity contribution in [2.75, 3.05) is 11.1 Å². The van der Waals surface area contributed by atoms with Gasteiger partial charge in [-0.15, -0.1) is 16.8 Å². The number of anilines is 1. The van der Waals surface area contributed by atoms with Gasteiger partial charge in [0, 0.05) is 18.9 Å². The molecule has 1 amide bonds. The topological polar surface area (TPSA) is 85.6 Å². The molecule has 0 spiro atoms. The van der Waals surface area contributed by atoms with Crippen LogP contribution in [0, 0.1) is 5.82 Å². The highest BCUT2D eigenvalue weighted by molar-refractivity contribution is 7.99. The first-order chi connectivity index (χ1) is 12.7. The number of amides is 1. The van der Waals surface area contributed by atoms with E-state index in [4.69, 9.17) is 0 Å². The Kier molecular flexibility index (Phi) is 5.69. The zero-order valence-electron chi connectivity index (χ0n) is 13.7. The minimum atomic E-state index is -0.481. The van der Waals surface area contributed by atoms with E-state index in [9.17, 15) is 9.18 Å². The third-order valence-electron chi connectivity index (χ3n) is 3.30. The molecule has 0 aliphatic rings. The van der Waals surface area contributed by atoms with E-state index in [0.29, 0.717) is 23.2 Å². The van der Waals surface area contributed by atoms with Gasteiger partial charge in [-0.3, -0.25) is 14.3 Å². The second-order valence-electron chi connectivity index (χ2n) is 5.11. The quantitative estimate of drug-likeness (QED) is 0.508. The molecular weight excluding hydrogens is 355 g/mol. The summed E-state index contributed by atoms with van der Waals surface area (Å²) >= 11 is 1.19. The van der Waals surface area contributed by atoms with Crippen molar-refractivity contribution in [2.45, 2.75) is 11.7 Å². The number of thioether (sulfide) groups is 1. The molecule has 0 bridgehead atoms. The summed E-state index contributed by atoms with van der Waals surface area (Å²) < 4.78 is 15.4. The molecule has 0 unspecified atom stereocenters. The highest BCUT2D eigenvalue weighted by Crippen LogP contribution is 2.23. The van der Waals surface area contributed by atoms with Crippen LogP contribution in [0.4, 0.5) is 10.1 Å². The van der Waals surface area contributed by atoms with Gasteiger partial charge in [0.25, 0.3) is 0 Å². The zero-order chi connectivity index (χ0) is 18.4. The number of rotatable bonds is 7. The first kappa shape index (κ1) is 17.7. The summed E-state index contributed by atoms with van der Waals surface area (Å²) in [6, 6.07) is 6.01. The van der Waals surface area contributed by atoms with Crippen LogP contribution in [0.25, 0.3) is 11.5 Å². The molecule has 0 saturated carbocycles. The second-order valence-corrected chi connectivity index (χ2v) is 6.06. The van der Waals surface area contributed by atoms with Crippen LogP contribution in [0.2, 0.25) is 0 Å². The first-order valence-electron chi connectivity index (χ1n) is 7.66. The molecule has 2 heterocycles. The molecule has 132 valence electrons. The first-order valence-corrected chi connectivity index (χ1v) is 8.65. The van der Waals surface area contributed by atoms with E-state index in [1.54, 1.807) is 41.4 Å². The third-order valence-corrected chi connectivity index (χ3v) is 4.27. The summed E-state index contributed by atoms with van der Waals surface area (Å²) in [5.41, 5.74) is 0.718. The van der Waals surface area contributed by atoms with E-state index >= 15 is 0 Å². The van der Waals surface area contributed by atoms with Crippen molar-refractivity contribution in [3.63, 3.8) is 0 Å². The number of aromatic nitrogens is 5. The number of allylic oxidation sites excluding steroid dienone is 1. The minimum absolute atomic E-state index is 0.0596. The molecule has 1 aromatic carbocycles. The predicted octanol–water partition coefficient (Wildman–Crippen LogP) is 2.79. The van der Waals surface area contributed by atoms with E-state index in [-0.39, 0.29) is 17.3 Å². The minimum Gasteiger partial charge on any atom is -0.323 e. The molecule has 0 saturated heterocycles. The summed E-state index contributed by atoms with van der Waals surface area (Å²) in [7, 11) is 0. The highest BCUT2D eigenvalue weighted by Gasteiger charge is 2.16. The van der Waals surface area contributed by atoms with Crippen LogP contribution in [-0.4, -0.2) is 36.4 Å². The SMILES string of the molecule is C=CCn1c(SCC(=O)Nc2ccccc2F)nnc1-c1cnccn1. The maximum absolute atomic E-state index is 13.6. The Morgan fingerprint density at radius 2 is 2.15 bits per heavy atom. The van der Waals surface area contributed by atoms with Crippen molar-refractivity contribution in [1.29, 1.82) is 0 Å². The zero-order valence-corrected chi connectivity index (χ0v) is 14.5. The molecule has 0 aliphatic carbocycles. The average molecular weight is 370 g/mol. The van der Waals surface area contributed by atoms with Crippen LogP contribution in [0.3, 0.4) is 0 Å². The molecule has 26 heavy (non-hydrogen) atoms. The van der Waals surface area contributed by atoms with Crippen molar-refractivity contribution in [1.82, 2.24) is 24.7 Å². The van der Waals surface area contributed by atoms with Crippen LogP contribution in [0.1, 0.15) is 0 Å². The van der Waals surface area contributed by atoms with Crippen LogP contribution in [0.5, 0.6) is 0 Å². The number of carbonyl (C=O) groups excluding carboxylic acids is 1. The summed E-state index contributed by atoms with van der Waals surface area (Å²) in [4.78, 5) is 20.3. The molecule has 0 radical (unpaired) electrons. The summed E-state index contributed by atoms with van der Waals surface area (Å²) in [6.07, 6.45) is 6.42. The molecule has 2 aromatic heterocycles. The van der Waals surface area contributed by atoms with E-state index in [2.05, 4.69) is 32.1 Å². The Hall–Kier alpha value is -3.07. The molecule has 7 nitrogen and oxygen atoms in total. The number of benzene rings is 1. The van der Waals surface area contributed by atoms with E-state index in [1.807, 2.05) is 0 Å². The van der Waals surface area contributed by atoms with E-state index in [0.717, 1.165) is 0 Å². The van der Waals surface area contributed by atoms with E-state index in [1.165, 1.54) is 23.9 Å². The number of nitrogens with one attached hydrogen (secondary N) is 1. The van der Waals surface area contributed by atoms with Gasteiger partial charge in [0.2, 0.25) is 5.91 Å². The predicted molar refractivity (Wildman–Crippen MR) is 97.0 cm³/mol. The average Bonchev–Trinajstić information content (AvgIpc) is 3.06. The number of hydrogen-bond donors (Lipinski definition) is 1. The molecule has 0 aliphatic heterocycles. The van der Waals surface area contributed by atoms with Gasteiger partial charge in [0.1, 0.15) is 11.5 Å². The molecule has 9 heteroatoms. The standard InChI is InChI=1S/C17H15FN6OS/c1-2-9-24-16(14-10-19-7-8-20-14)22-23-17(24)26-11-15(25)21-13-6-4-3-5-12(13)18/h2-8,10H,1,9,11H2,(H,21,25). The fourth-order valence-corrected chi connectivity index (χ4v) is 2.92. The fraction of sp³-hybridized carbons (Fsp3) is 0.118. The Bertz CT molecular complexity index is 915. The van der Waals surface area contributed by atoms with Crippen LogP contribution < -0.4 is 5.32 Å². The van der Waals surface area contributed by atoms with Gasteiger partial charge in [-0.2, -0.15) is 0 Å². The van der Waals surface area contributed by atoms with Crippen molar-refractivity contribution in [3.8, 4) is 11.5 Å². The summed E-state index contributed by atoms with van der Waals surface area (Å²) in [5, 5.41) is 11.3. The molecular formula is C17H15FN6OS. The maximum Gasteiger partial charge on any atom is 0.234 e. The summed E-state index contributed by atoms with van der Waals surface area (Å²) in [6.45, 7) is 4.18. The van der Waals surface area contributed by atoms with Gasteiger partial charge in [0.15, 0.2) is 11.0 Å². The Morgan fingerprint density at radius 3 is 2.88 bits per heavy atom. The van der Waals surface area contributed by atoms with Crippen LogP contribution in [0.15, 0.2) is 60.7 Å². The monoisotopic (exact) mass is 370 g/mol. The number of carbonyl (C=O) groups is 1. The van der Waals surface area contributed by atoms with Crippen LogP contribution in [-0.2, 0) is 11.3 Å². The number of nitrogens with zero attached hydrogens (tertiary/aromatic N) is 5. The van der Waals surface area contributed by atoms with E-state index < -0.39 is 5.82 Å². The van der Waals surface area contributed by atoms with Gasteiger partial charge in [-0.1, -0.05) is 30.0 Å². The molecule has 3 rings (SSSR count). The van der Waals surface area contributed by atoms with Crippen molar-refractivity contribution in [3.05, 3.63) is 61.3 Å². The lowest BCUT2D eigenvalue weighted by atomic mass is 10.3. The van der Waals surface area contributed by atoms with Gasteiger partial charge >= 0.3 is 0 Å². The lowest BCUT2D eigenvalue weighted by Crippen LogP contribution is -2.15. The van der Waals surface area contributed by atoms with Gasteiger partial charge in [-0.25, -0.2) is 9.37 Å².